The molecule has 0 aliphatic rings. The van der Waals surface area contributed by atoms with Gasteiger partial charge in [0.05, 0.1) is 0 Å². The number of unbranched alkanes of at least 4 members (excludes halogenated alkanes) is 1. The standard InChI is InChI=1S/C19H34N2/c1-5-8-10-18-11-13-19(14-12-18)17(4)20-15-9-16-21(6-2)7-3/h11-14,17,20H,5-10,15-16H2,1-4H3. The van der Waals surface area contributed by atoms with Crippen molar-refractivity contribution in [2.24, 2.45) is 0 Å². The third-order valence-electron chi connectivity index (χ3n) is 4.29. The van der Waals surface area contributed by atoms with Crippen molar-refractivity contribution in [3.63, 3.8) is 0 Å². The van der Waals surface area contributed by atoms with Gasteiger partial charge in [-0.15, -0.1) is 0 Å². The molecule has 0 aliphatic heterocycles. The molecule has 1 atom stereocenters. The third-order valence-corrected chi connectivity index (χ3v) is 4.29. The van der Waals surface area contributed by atoms with Gasteiger partial charge in [-0.25, -0.2) is 0 Å². The Bertz CT molecular complexity index is 354. The van der Waals surface area contributed by atoms with E-state index in [1.807, 2.05) is 0 Å². The molecular formula is C19H34N2. The zero-order chi connectivity index (χ0) is 15.5. The van der Waals surface area contributed by atoms with Gasteiger partial charge in [0, 0.05) is 6.04 Å². The molecule has 21 heavy (non-hydrogen) atoms. The number of nitrogens with zero attached hydrogens (tertiary/aromatic N) is 1. The van der Waals surface area contributed by atoms with Crippen molar-refractivity contribution in [3.05, 3.63) is 35.4 Å². The maximum Gasteiger partial charge on any atom is 0.0291 e. The van der Waals surface area contributed by atoms with Gasteiger partial charge in [-0.2, -0.15) is 0 Å². The molecule has 0 saturated carbocycles. The average Bonchev–Trinajstić information content (AvgIpc) is 2.53. The lowest BCUT2D eigenvalue weighted by atomic mass is 10.0. The Kier molecular flexibility index (Phi) is 9.36. The quantitative estimate of drug-likeness (QED) is 0.607. The molecular weight excluding hydrogens is 256 g/mol. The lowest BCUT2D eigenvalue weighted by Gasteiger charge is -2.19. The first-order valence-corrected chi connectivity index (χ1v) is 8.75. The number of aryl methyl sites for hydroxylation is 1. The molecule has 1 aromatic rings. The van der Waals surface area contributed by atoms with Crippen molar-refractivity contribution >= 4 is 0 Å². The molecule has 0 bridgehead atoms. The summed E-state index contributed by atoms with van der Waals surface area (Å²) in [5.41, 5.74) is 2.87. The summed E-state index contributed by atoms with van der Waals surface area (Å²) in [6.07, 6.45) is 4.99. The first-order chi connectivity index (χ1) is 10.2. The molecule has 0 aliphatic carbocycles. The average molecular weight is 290 g/mol. The number of hydrogen-bond donors (Lipinski definition) is 1. The van der Waals surface area contributed by atoms with Crippen molar-refractivity contribution < 1.29 is 0 Å². The Morgan fingerprint density at radius 2 is 1.67 bits per heavy atom. The first kappa shape index (κ1) is 18.2. The van der Waals surface area contributed by atoms with Gasteiger partial charge in [-0.05, 0) is 63.5 Å². The summed E-state index contributed by atoms with van der Waals surface area (Å²) in [5, 5.41) is 3.64. The van der Waals surface area contributed by atoms with Crippen LogP contribution < -0.4 is 5.32 Å². The van der Waals surface area contributed by atoms with Gasteiger partial charge in [-0.3, -0.25) is 0 Å². The molecule has 0 spiro atoms. The Morgan fingerprint density at radius 1 is 1.00 bits per heavy atom. The van der Waals surface area contributed by atoms with Crippen molar-refractivity contribution in [2.45, 2.75) is 59.4 Å². The molecule has 0 aromatic heterocycles. The highest BCUT2D eigenvalue weighted by atomic mass is 15.1. The Labute approximate surface area is 131 Å². The van der Waals surface area contributed by atoms with Crippen LogP contribution in [0.25, 0.3) is 0 Å². The normalized spacial score (nSPS) is 12.8. The number of rotatable bonds is 11. The van der Waals surface area contributed by atoms with Crippen molar-refractivity contribution in [2.75, 3.05) is 26.2 Å². The summed E-state index contributed by atoms with van der Waals surface area (Å²) in [7, 11) is 0. The first-order valence-electron chi connectivity index (χ1n) is 8.75. The molecule has 1 N–H and O–H groups in total. The van der Waals surface area contributed by atoms with Crippen LogP contribution in [0.1, 0.15) is 64.1 Å². The van der Waals surface area contributed by atoms with Gasteiger partial charge < -0.3 is 10.2 Å². The van der Waals surface area contributed by atoms with E-state index in [0.29, 0.717) is 6.04 Å². The van der Waals surface area contributed by atoms with Crippen molar-refractivity contribution in [1.29, 1.82) is 0 Å². The largest absolute Gasteiger partial charge is 0.310 e. The zero-order valence-corrected chi connectivity index (χ0v) is 14.5. The van der Waals surface area contributed by atoms with Crippen LogP contribution in [0.2, 0.25) is 0 Å². The Hall–Kier alpha value is -0.860. The maximum absolute atomic E-state index is 3.64. The maximum atomic E-state index is 3.64. The fourth-order valence-corrected chi connectivity index (χ4v) is 2.63. The van der Waals surface area contributed by atoms with Crippen LogP contribution in [0, 0.1) is 0 Å². The summed E-state index contributed by atoms with van der Waals surface area (Å²) >= 11 is 0. The second kappa shape index (κ2) is 10.8. The smallest absolute Gasteiger partial charge is 0.0291 e. The van der Waals surface area contributed by atoms with E-state index in [9.17, 15) is 0 Å². The Balaban J connectivity index is 2.29. The highest BCUT2D eigenvalue weighted by molar-refractivity contribution is 5.24. The summed E-state index contributed by atoms with van der Waals surface area (Å²) < 4.78 is 0. The van der Waals surface area contributed by atoms with Crippen molar-refractivity contribution in [1.82, 2.24) is 10.2 Å². The van der Waals surface area contributed by atoms with E-state index in [0.717, 1.165) is 19.6 Å². The fourth-order valence-electron chi connectivity index (χ4n) is 2.63. The molecule has 0 fully saturated rings. The third kappa shape index (κ3) is 7.10. The topological polar surface area (TPSA) is 15.3 Å². The molecule has 2 heteroatoms. The van der Waals surface area contributed by atoms with Gasteiger partial charge in [0.1, 0.15) is 0 Å². The summed E-state index contributed by atoms with van der Waals surface area (Å²) in [6.45, 7) is 13.6. The minimum atomic E-state index is 0.446. The van der Waals surface area contributed by atoms with Crippen LogP contribution in [0.3, 0.4) is 0 Å². The summed E-state index contributed by atoms with van der Waals surface area (Å²) in [6, 6.07) is 9.60. The van der Waals surface area contributed by atoms with Gasteiger partial charge in [0.15, 0.2) is 0 Å². The number of benzene rings is 1. The van der Waals surface area contributed by atoms with Gasteiger partial charge in [0.2, 0.25) is 0 Å². The van der Waals surface area contributed by atoms with Crippen LogP contribution >= 0.6 is 0 Å². The molecule has 1 unspecified atom stereocenters. The monoisotopic (exact) mass is 290 g/mol. The van der Waals surface area contributed by atoms with E-state index in [1.165, 1.54) is 43.4 Å². The van der Waals surface area contributed by atoms with E-state index in [-0.39, 0.29) is 0 Å². The predicted molar refractivity (Wildman–Crippen MR) is 93.9 cm³/mol. The number of hydrogen-bond acceptors (Lipinski definition) is 2. The SMILES string of the molecule is CCCCc1ccc(C(C)NCCCN(CC)CC)cc1. The summed E-state index contributed by atoms with van der Waals surface area (Å²) in [4.78, 5) is 2.48. The minimum Gasteiger partial charge on any atom is -0.310 e. The van der Waals surface area contributed by atoms with Crippen LogP contribution in [0.15, 0.2) is 24.3 Å². The lowest BCUT2D eigenvalue weighted by Crippen LogP contribution is -2.28. The Morgan fingerprint density at radius 3 is 2.24 bits per heavy atom. The van der Waals surface area contributed by atoms with E-state index < -0.39 is 0 Å². The van der Waals surface area contributed by atoms with Crippen molar-refractivity contribution in [3.8, 4) is 0 Å². The molecule has 1 aromatic carbocycles. The predicted octanol–water partition coefficient (Wildman–Crippen LogP) is 4.41. The fraction of sp³-hybridized carbons (Fsp3) is 0.684. The molecule has 2 nitrogen and oxygen atoms in total. The molecule has 0 heterocycles. The van der Waals surface area contributed by atoms with Crippen LogP contribution in [0.4, 0.5) is 0 Å². The van der Waals surface area contributed by atoms with Gasteiger partial charge >= 0.3 is 0 Å². The zero-order valence-electron chi connectivity index (χ0n) is 14.5. The lowest BCUT2D eigenvalue weighted by molar-refractivity contribution is 0.296. The summed E-state index contributed by atoms with van der Waals surface area (Å²) in [5.74, 6) is 0. The molecule has 0 saturated heterocycles. The second-order valence-electron chi connectivity index (χ2n) is 5.90. The highest BCUT2D eigenvalue weighted by Gasteiger charge is 2.05. The molecule has 0 amide bonds. The van der Waals surface area contributed by atoms with Crippen LogP contribution in [-0.2, 0) is 6.42 Å². The van der Waals surface area contributed by atoms with Crippen LogP contribution in [0.5, 0.6) is 0 Å². The molecule has 120 valence electrons. The van der Waals surface area contributed by atoms with E-state index in [2.05, 4.69) is 62.2 Å². The highest BCUT2D eigenvalue weighted by Crippen LogP contribution is 2.14. The van der Waals surface area contributed by atoms with E-state index >= 15 is 0 Å². The second-order valence-corrected chi connectivity index (χ2v) is 5.90. The van der Waals surface area contributed by atoms with E-state index in [4.69, 9.17) is 0 Å². The van der Waals surface area contributed by atoms with Crippen LogP contribution in [-0.4, -0.2) is 31.1 Å². The molecule has 1 rings (SSSR count). The minimum absolute atomic E-state index is 0.446. The van der Waals surface area contributed by atoms with E-state index in [1.54, 1.807) is 0 Å². The molecule has 0 radical (unpaired) electrons. The van der Waals surface area contributed by atoms with Gasteiger partial charge in [0.25, 0.3) is 0 Å². The van der Waals surface area contributed by atoms with Gasteiger partial charge in [-0.1, -0.05) is 51.5 Å². The number of nitrogens with one attached hydrogen (secondary N) is 1.